The average Bonchev–Trinajstić information content (AvgIpc) is 3.19. The van der Waals surface area contributed by atoms with Crippen molar-refractivity contribution in [1.82, 2.24) is 10.3 Å². The Kier molecular flexibility index (Phi) is 3.62. The number of halogens is 1. The summed E-state index contributed by atoms with van der Waals surface area (Å²) in [6, 6.07) is 13.0. The molecular formula is C19H17ClN2O3. The number of carbonyl (C=O) groups is 1. The molecule has 3 aromatic rings. The third-order valence-electron chi connectivity index (χ3n) is 4.35. The lowest BCUT2D eigenvalue weighted by Gasteiger charge is -2.27. The summed E-state index contributed by atoms with van der Waals surface area (Å²) in [6.45, 7) is 4.12. The Bertz CT molecular complexity index is 978. The maximum atomic E-state index is 12.7. The molecule has 0 fully saturated rings. The van der Waals surface area contributed by atoms with Crippen LogP contribution in [-0.2, 0) is 5.54 Å². The second-order valence-electron chi connectivity index (χ2n) is 6.56. The lowest BCUT2D eigenvalue weighted by atomic mass is 9.93. The van der Waals surface area contributed by atoms with Crippen LogP contribution in [-0.4, -0.2) is 17.7 Å². The highest BCUT2D eigenvalue weighted by Crippen LogP contribution is 2.35. The Hall–Kier alpha value is -2.66. The van der Waals surface area contributed by atoms with Gasteiger partial charge in [-0.15, -0.1) is 0 Å². The molecule has 5 nitrogen and oxygen atoms in total. The number of H-pyrrole nitrogens is 1. The number of hydrogen-bond acceptors (Lipinski definition) is 3. The molecule has 0 saturated heterocycles. The van der Waals surface area contributed by atoms with Gasteiger partial charge in [-0.2, -0.15) is 0 Å². The van der Waals surface area contributed by atoms with Gasteiger partial charge in [0.25, 0.3) is 5.91 Å². The van der Waals surface area contributed by atoms with E-state index in [0.717, 1.165) is 22.2 Å². The Labute approximate surface area is 149 Å². The Morgan fingerprint density at radius 3 is 2.76 bits per heavy atom. The van der Waals surface area contributed by atoms with Crippen LogP contribution in [0.1, 0.15) is 29.9 Å². The lowest BCUT2D eigenvalue weighted by molar-refractivity contribution is 0.0907. The molecule has 2 N–H and O–H groups in total. The van der Waals surface area contributed by atoms with Crippen LogP contribution in [0.2, 0.25) is 5.02 Å². The van der Waals surface area contributed by atoms with E-state index in [1.165, 1.54) is 0 Å². The number of ether oxygens (including phenoxy) is 2. The number of aromatic nitrogens is 1. The third kappa shape index (κ3) is 2.91. The number of fused-ring (bicyclic) bond motifs is 2. The highest BCUT2D eigenvalue weighted by Gasteiger charge is 2.26. The SMILES string of the molecule is CC(C)(NC(=O)c1cc2ccc(Cl)cc2[nH]1)c1ccc2c(c1)OCO2. The third-order valence-corrected chi connectivity index (χ3v) is 4.58. The summed E-state index contributed by atoms with van der Waals surface area (Å²) < 4.78 is 10.8. The number of rotatable bonds is 3. The van der Waals surface area contributed by atoms with Gasteiger partial charge >= 0.3 is 0 Å². The largest absolute Gasteiger partial charge is 0.454 e. The predicted octanol–water partition coefficient (Wildman–Crippen LogP) is 4.22. The first-order valence-corrected chi connectivity index (χ1v) is 8.31. The summed E-state index contributed by atoms with van der Waals surface area (Å²) in [7, 11) is 0. The van der Waals surface area contributed by atoms with E-state index in [1.54, 1.807) is 12.1 Å². The first-order valence-electron chi connectivity index (χ1n) is 7.93. The molecule has 2 aromatic carbocycles. The Morgan fingerprint density at radius 2 is 1.92 bits per heavy atom. The van der Waals surface area contributed by atoms with Crippen LogP contribution in [0.15, 0.2) is 42.5 Å². The molecule has 0 unspecified atom stereocenters. The summed E-state index contributed by atoms with van der Waals surface area (Å²) in [5.41, 5.74) is 1.68. The number of carbonyl (C=O) groups excluding carboxylic acids is 1. The van der Waals surface area contributed by atoms with E-state index in [0.29, 0.717) is 16.5 Å². The van der Waals surface area contributed by atoms with Crippen molar-refractivity contribution in [1.29, 1.82) is 0 Å². The van der Waals surface area contributed by atoms with Crippen molar-refractivity contribution in [3.05, 3.63) is 58.7 Å². The van der Waals surface area contributed by atoms with Crippen molar-refractivity contribution < 1.29 is 14.3 Å². The summed E-state index contributed by atoms with van der Waals surface area (Å²) in [6.07, 6.45) is 0. The van der Waals surface area contributed by atoms with Gasteiger partial charge in [-0.25, -0.2) is 0 Å². The first-order chi connectivity index (χ1) is 11.9. The van der Waals surface area contributed by atoms with E-state index in [-0.39, 0.29) is 12.7 Å². The number of amides is 1. The molecule has 0 atom stereocenters. The van der Waals surface area contributed by atoms with Crippen LogP contribution >= 0.6 is 11.6 Å². The van der Waals surface area contributed by atoms with E-state index < -0.39 is 5.54 Å². The number of aromatic amines is 1. The van der Waals surface area contributed by atoms with Crippen LogP contribution in [0.5, 0.6) is 11.5 Å². The van der Waals surface area contributed by atoms with Gasteiger partial charge in [0.2, 0.25) is 6.79 Å². The summed E-state index contributed by atoms with van der Waals surface area (Å²) >= 11 is 6.00. The predicted molar refractivity (Wildman–Crippen MR) is 96.4 cm³/mol. The zero-order chi connectivity index (χ0) is 17.6. The van der Waals surface area contributed by atoms with Gasteiger partial charge in [0.05, 0.1) is 5.54 Å². The van der Waals surface area contributed by atoms with E-state index in [4.69, 9.17) is 21.1 Å². The van der Waals surface area contributed by atoms with Gasteiger partial charge in [0, 0.05) is 15.9 Å². The molecule has 0 saturated carbocycles. The molecule has 0 spiro atoms. The minimum Gasteiger partial charge on any atom is -0.454 e. The van der Waals surface area contributed by atoms with Gasteiger partial charge in [-0.05, 0) is 49.7 Å². The molecule has 0 aliphatic carbocycles. The standard InChI is InChI=1S/C19H17ClN2O3/c1-19(2,12-4-6-16-17(8-12)25-10-24-16)22-18(23)15-7-11-3-5-13(20)9-14(11)21-15/h3-9,21H,10H2,1-2H3,(H,22,23). The lowest BCUT2D eigenvalue weighted by Crippen LogP contribution is -2.41. The molecule has 4 rings (SSSR count). The average molecular weight is 357 g/mol. The minimum atomic E-state index is -0.576. The second kappa shape index (κ2) is 5.70. The fraction of sp³-hybridized carbons (Fsp3) is 0.211. The molecule has 1 aliphatic heterocycles. The highest BCUT2D eigenvalue weighted by atomic mass is 35.5. The van der Waals surface area contributed by atoms with Gasteiger partial charge < -0.3 is 19.8 Å². The first kappa shape index (κ1) is 15.8. The molecule has 2 heterocycles. The van der Waals surface area contributed by atoms with Crippen LogP contribution in [0.3, 0.4) is 0 Å². The molecular weight excluding hydrogens is 340 g/mol. The second-order valence-corrected chi connectivity index (χ2v) is 7.00. The molecule has 6 heteroatoms. The van der Waals surface area contributed by atoms with E-state index in [1.807, 2.05) is 44.2 Å². The zero-order valence-electron chi connectivity index (χ0n) is 13.9. The minimum absolute atomic E-state index is 0.185. The number of hydrogen-bond donors (Lipinski definition) is 2. The van der Waals surface area contributed by atoms with Crippen molar-refractivity contribution >= 4 is 28.4 Å². The van der Waals surface area contributed by atoms with Crippen molar-refractivity contribution in [3.63, 3.8) is 0 Å². The fourth-order valence-corrected chi connectivity index (χ4v) is 3.10. The quantitative estimate of drug-likeness (QED) is 0.738. The van der Waals surface area contributed by atoms with Crippen molar-refractivity contribution in [2.45, 2.75) is 19.4 Å². The molecule has 1 aliphatic rings. The van der Waals surface area contributed by atoms with Crippen LogP contribution < -0.4 is 14.8 Å². The van der Waals surface area contributed by atoms with Gasteiger partial charge in [0.1, 0.15) is 5.69 Å². The Balaban J connectivity index is 1.59. The smallest absolute Gasteiger partial charge is 0.268 e. The Morgan fingerprint density at radius 1 is 1.12 bits per heavy atom. The fourth-order valence-electron chi connectivity index (χ4n) is 2.93. The van der Waals surface area contributed by atoms with Crippen molar-refractivity contribution in [3.8, 4) is 11.5 Å². The van der Waals surface area contributed by atoms with Gasteiger partial charge in [-0.1, -0.05) is 23.7 Å². The highest BCUT2D eigenvalue weighted by molar-refractivity contribution is 6.31. The maximum Gasteiger partial charge on any atom is 0.268 e. The molecule has 128 valence electrons. The topological polar surface area (TPSA) is 63.4 Å². The van der Waals surface area contributed by atoms with E-state index in [2.05, 4.69) is 10.3 Å². The number of benzene rings is 2. The van der Waals surface area contributed by atoms with Crippen LogP contribution in [0, 0.1) is 0 Å². The van der Waals surface area contributed by atoms with Crippen LogP contribution in [0.25, 0.3) is 10.9 Å². The van der Waals surface area contributed by atoms with Crippen molar-refractivity contribution in [2.75, 3.05) is 6.79 Å². The van der Waals surface area contributed by atoms with E-state index in [9.17, 15) is 4.79 Å². The maximum absolute atomic E-state index is 12.7. The molecule has 1 aromatic heterocycles. The van der Waals surface area contributed by atoms with Gasteiger partial charge in [0.15, 0.2) is 11.5 Å². The number of nitrogens with one attached hydrogen (secondary N) is 2. The van der Waals surface area contributed by atoms with E-state index >= 15 is 0 Å². The normalized spacial score (nSPS) is 13.2. The van der Waals surface area contributed by atoms with Gasteiger partial charge in [-0.3, -0.25) is 4.79 Å². The monoisotopic (exact) mass is 356 g/mol. The van der Waals surface area contributed by atoms with Crippen LogP contribution in [0.4, 0.5) is 0 Å². The zero-order valence-corrected chi connectivity index (χ0v) is 14.6. The molecule has 0 bridgehead atoms. The summed E-state index contributed by atoms with van der Waals surface area (Å²) in [5.74, 6) is 1.23. The molecule has 1 amide bonds. The van der Waals surface area contributed by atoms with Crippen molar-refractivity contribution in [2.24, 2.45) is 0 Å². The molecule has 25 heavy (non-hydrogen) atoms. The molecule has 0 radical (unpaired) electrons. The summed E-state index contributed by atoms with van der Waals surface area (Å²) in [5, 5.41) is 4.62. The summed E-state index contributed by atoms with van der Waals surface area (Å²) in [4.78, 5) is 15.8.